The number of carbonyl (C=O) groups is 3. The minimum Gasteiger partial charge on any atom is -0.507 e. The van der Waals surface area contributed by atoms with Crippen LogP contribution in [-0.4, -0.2) is 122 Å². The average Bonchev–Trinajstić information content (AvgIpc) is 3.12. The molecular weight excluding hydrogens is 660 g/mol. The first-order valence-electron chi connectivity index (χ1n) is 16.7. The Labute approximate surface area is 288 Å². The van der Waals surface area contributed by atoms with Crippen LogP contribution in [0.4, 0.5) is 8.78 Å². The maximum atomic E-state index is 13.3. The van der Waals surface area contributed by atoms with Crippen LogP contribution in [0.5, 0.6) is 17.2 Å². The highest BCUT2D eigenvalue weighted by atomic mass is 19.3. The number of nitrogens with one attached hydrogen (secondary N) is 1. The van der Waals surface area contributed by atoms with Crippen molar-refractivity contribution >= 4 is 17.5 Å². The van der Waals surface area contributed by atoms with Crippen molar-refractivity contribution in [1.82, 2.24) is 10.2 Å². The van der Waals surface area contributed by atoms with Crippen molar-refractivity contribution < 1.29 is 57.4 Å². The zero-order valence-electron chi connectivity index (χ0n) is 28.3. The molecule has 6 atom stereocenters. The van der Waals surface area contributed by atoms with Crippen molar-refractivity contribution in [3.05, 3.63) is 51.6 Å². The summed E-state index contributed by atoms with van der Waals surface area (Å²) in [5, 5.41) is 34.6. The number of morpholine rings is 1. The molecule has 2 heterocycles. The highest BCUT2D eigenvalue weighted by Gasteiger charge is 2.41. The van der Waals surface area contributed by atoms with E-state index in [-0.39, 0.29) is 83.6 Å². The Balaban J connectivity index is 0.000000253. The van der Waals surface area contributed by atoms with Crippen LogP contribution < -0.4 is 15.8 Å². The Morgan fingerprint density at radius 2 is 1.78 bits per heavy atom. The van der Waals surface area contributed by atoms with Crippen molar-refractivity contribution in [2.45, 2.75) is 76.0 Å². The van der Waals surface area contributed by atoms with Crippen LogP contribution in [-0.2, 0) is 31.8 Å². The molecule has 2 aliphatic carbocycles. The van der Waals surface area contributed by atoms with Gasteiger partial charge in [0.15, 0.2) is 12.1 Å². The van der Waals surface area contributed by atoms with E-state index in [0.29, 0.717) is 18.6 Å². The molecular formula is C35H45F2N3O10. The lowest BCUT2D eigenvalue weighted by Gasteiger charge is -2.43. The van der Waals surface area contributed by atoms with Gasteiger partial charge in [0.2, 0.25) is 11.7 Å². The van der Waals surface area contributed by atoms with Crippen molar-refractivity contribution in [1.29, 1.82) is 0 Å². The SMILES string of the molecule is COC1CN(C2CCOC(C)C2O)CCO1.COc1cccc2c1C(=O)c1c(O)c3c(c(O)c1C2=O)CC(C(=O)NCCC(N)C(F)F)CC3. The number of alkyl halides is 2. The number of aliphatic hydroxyl groups excluding tert-OH is 1. The number of benzene rings is 2. The number of nitrogens with two attached hydrogens (primary N) is 1. The first-order valence-corrected chi connectivity index (χ1v) is 16.7. The third-order valence-corrected chi connectivity index (χ3v) is 9.96. The summed E-state index contributed by atoms with van der Waals surface area (Å²) in [6, 6.07) is 3.35. The molecule has 0 bridgehead atoms. The molecule has 274 valence electrons. The van der Waals surface area contributed by atoms with Crippen LogP contribution >= 0.6 is 0 Å². The number of ether oxygens (including phenoxy) is 4. The molecule has 6 unspecified atom stereocenters. The minimum atomic E-state index is -2.69. The Bertz CT molecular complexity index is 1590. The summed E-state index contributed by atoms with van der Waals surface area (Å²) in [5.41, 5.74) is 5.31. The van der Waals surface area contributed by atoms with Gasteiger partial charge in [-0.2, -0.15) is 0 Å². The number of hydrogen-bond donors (Lipinski definition) is 5. The number of amides is 1. The smallest absolute Gasteiger partial charge is 0.253 e. The summed E-state index contributed by atoms with van der Waals surface area (Å²) in [4.78, 5) is 41.3. The fraction of sp³-hybridized carbons (Fsp3) is 0.571. The molecule has 0 radical (unpaired) electrons. The van der Waals surface area contributed by atoms with E-state index in [0.717, 1.165) is 26.1 Å². The van der Waals surface area contributed by atoms with Crippen molar-refractivity contribution in [3.63, 3.8) is 0 Å². The number of ketones is 2. The molecule has 6 rings (SSSR count). The number of halogens is 2. The number of carbonyl (C=O) groups excluding carboxylic acids is 3. The standard InChI is InChI=1S/C24H24F2N2O6.C11H21NO4/c1-34-15-4-2-3-12-16(15)22(32)18-17(20(12)30)21(31)13-9-10(5-6-11(13)19(18)29)24(33)28-8-7-14(27)23(25)26;1-8-11(13)9(3-5-15-8)12-4-6-16-10(7-12)14-2/h2-4,10,14,23,29,31H,5-9,27H2,1H3,(H,28,33);8-11,13H,3-7H2,1-2H3. The third kappa shape index (κ3) is 7.48. The van der Waals surface area contributed by atoms with Gasteiger partial charge in [-0.05, 0) is 45.1 Å². The summed E-state index contributed by atoms with van der Waals surface area (Å²) >= 11 is 0. The minimum absolute atomic E-state index is 0.0151. The van der Waals surface area contributed by atoms with Crippen molar-refractivity contribution in [3.8, 4) is 17.2 Å². The van der Waals surface area contributed by atoms with Crippen LogP contribution in [0.2, 0.25) is 0 Å². The van der Waals surface area contributed by atoms with Gasteiger partial charge in [0, 0.05) is 62.0 Å². The molecule has 2 fully saturated rings. The lowest BCUT2D eigenvalue weighted by Crippen LogP contribution is -2.57. The lowest BCUT2D eigenvalue weighted by molar-refractivity contribution is -0.190. The summed E-state index contributed by atoms with van der Waals surface area (Å²) in [6.07, 6.45) is -2.07. The van der Waals surface area contributed by atoms with Crippen LogP contribution in [0, 0.1) is 5.92 Å². The second-order valence-electron chi connectivity index (χ2n) is 12.9. The second kappa shape index (κ2) is 16.1. The molecule has 0 aromatic heterocycles. The maximum Gasteiger partial charge on any atom is 0.253 e. The van der Waals surface area contributed by atoms with E-state index in [1.165, 1.54) is 19.2 Å². The summed E-state index contributed by atoms with van der Waals surface area (Å²) in [7, 11) is 3.01. The summed E-state index contributed by atoms with van der Waals surface area (Å²) < 4.78 is 46.4. The monoisotopic (exact) mass is 705 g/mol. The molecule has 2 aromatic rings. The Morgan fingerprint density at radius 3 is 2.48 bits per heavy atom. The van der Waals surface area contributed by atoms with Gasteiger partial charge in [0.05, 0.1) is 48.7 Å². The van der Waals surface area contributed by atoms with Gasteiger partial charge in [0.25, 0.3) is 6.43 Å². The zero-order chi connectivity index (χ0) is 36.3. The van der Waals surface area contributed by atoms with Crippen LogP contribution in [0.15, 0.2) is 18.2 Å². The van der Waals surface area contributed by atoms with E-state index in [4.69, 9.17) is 24.7 Å². The first-order chi connectivity index (χ1) is 23.9. The largest absolute Gasteiger partial charge is 0.507 e. The van der Waals surface area contributed by atoms with E-state index in [1.54, 1.807) is 13.2 Å². The normalized spacial score (nSPS) is 25.5. The number of nitrogens with zero attached hydrogens (tertiary/aromatic N) is 1. The van der Waals surface area contributed by atoms with E-state index in [1.807, 2.05) is 6.92 Å². The van der Waals surface area contributed by atoms with Gasteiger partial charge in [-0.25, -0.2) is 8.78 Å². The van der Waals surface area contributed by atoms with Gasteiger partial charge in [-0.1, -0.05) is 12.1 Å². The second-order valence-corrected chi connectivity index (χ2v) is 12.9. The van der Waals surface area contributed by atoms with Crippen LogP contribution in [0.25, 0.3) is 0 Å². The molecule has 0 saturated carbocycles. The van der Waals surface area contributed by atoms with Gasteiger partial charge in [-0.15, -0.1) is 0 Å². The number of rotatable bonds is 8. The quantitative estimate of drug-likeness (QED) is 0.215. The molecule has 1 amide bonds. The number of fused-ring (bicyclic) bond motifs is 3. The Morgan fingerprint density at radius 1 is 1.06 bits per heavy atom. The van der Waals surface area contributed by atoms with Gasteiger partial charge in [-0.3, -0.25) is 19.3 Å². The van der Waals surface area contributed by atoms with Crippen LogP contribution in [0.1, 0.15) is 69.2 Å². The highest BCUT2D eigenvalue weighted by molar-refractivity contribution is 6.31. The molecule has 0 spiro atoms. The lowest BCUT2D eigenvalue weighted by atomic mass is 9.75. The Hall–Kier alpha value is -3.73. The number of aliphatic hydroxyl groups is 1. The molecule has 13 nitrogen and oxygen atoms in total. The van der Waals surface area contributed by atoms with Crippen molar-refractivity contribution in [2.24, 2.45) is 11.7 Å². The topological polar surface area (TPSA) is 190 Å². The Kier molecular flexibility index (Phi) is 12.1. The summed E-state index contributed by atoms with van der Waals surface area (Å²) in [5.74, 6) is -2.92. The van der Waals surface area contributed by atoms with Crippen molar-refractivity contribution in [2.75, 3.05) is 47.1 Å². The number of hydrogen-bond acceptors (Lipinski definition) is 12. The number of methoxy groups -OCH3 is 2. The molecule has 50 heavy (non-hydrogen) atoms. The van der Waals surface area contributed by atoms with E-state index < -0.39 is 47.7 Å². The maximum absolute atomic E-state index is 13.3. The van der Waals surface area contributed by atoms with Gasteiger partial charge < -0.3 is 45.3 Å². The van der Waals surface area contributed by atoms with Crippen LogP contribution in [0.3, 0.4) is 0 Å². The van der Waals surface area contributed by atoms with E-state index in [2.05, 4.69) is 10.2 Å². The predicted molar refractivity (Wildman–Crippen MR) is 175 cm³/mol. The predicted octanol–water partition coefficient (Wildman–Crippen LogP) is 1.91. The number of phenolic OH excluding ortho intramolecular Hbond substituents is 2. The third-order valence-electron chi connectivity index (χ3n) is 9.96. The molecule has 2 aromatic carbocycles. The fourth-order valence-corrected chi connectivity index (χ4v) is 7.10. The first kappa shape index (κ1) is 37.5. The van der Waals surface area contributed by atoms with Gasteiger partial charge in [0.1, 0.15) is 17.2 Å². The number of aromatic hydroxyl groups is 2. The number of phenols is 2. The molecule has 2 aliphatic heterocycles. The molecule has 4 aliphatic rings. The molecule has 6 N–H and O–H groups in total. The fourth-order valence-electron chi connectivity index (χ4n) is 7.10. The van der Waals surface area contributed by atoms with E-state index >= 15 is 0 Å². The molecule has 2 saturated heterocycles. The summed E-state index contributed by atoms with van der Waals surface area (Å²) in [6.45, 7) is 4.86. The average molecular weight is 706 g/mol. The zero-order valence-corrected chi connectivity index (χ0v) is 28.3. The van der Waals surface area contributed by atoms with E-state index in [9.17, 15) is 38.5 Å². The highest BCUT2D eigenvalue weighted by Crippen LogP contribution is 2.47. The molecule has 15 heteroatoms. The van der Waals surface area contributed by atoms with Gasteiger partial charge >= 0.3 is 0 Å².